The molecule has 1 heteroatoms. The van der Waals surface area contributed by atoms with Crippen LogP contribution in [0, 0.1) is 24.2 Å². The van der Waals surface area contributed by atoms with Gasteiger partial charge >= 0.3 is 0 Å². The average Bonchev–Trinajstić information content (AvgIpc) is 2.30. The maximum Gasteiger partial charge on any atom is 0.00947 e. The predicted octanol–water partition coefficient (Wildman–Crippen LogP) is 2.61. The molecule has 1 aliphatic rings. The molecule has 0 bridgehead atoms. The van der Waals surface area contributed by atoms with Crippen LogP contribution in [0.4, 0.5) is 0 Å². The lowest BCUT2D eigenvalue weighted by Crippen LogP contribution is -2.30. The maximum absolute atomic E-state index is 6.14. The van der Waals surface area contributed by atoms with Crippen LogP contribution < -0.4 is 5.73 Å². The van der Waals surface area contributed by atoms with Crippen molar-refractivity contribution < 1.29 is 0 Å². The fraction of sp³-hybridized carbons (Fsp3) is 0.909. The van der Waals surface area contributed by atoms with Crippen molar-refractivity contribution in [3.05, 3.63) is 6.42 Å². The van der Waals surface area contributed by atoms with Crippen LogP contribution >= 0.6 is 0 Å². The maximum atomic E-state index is 6.14. The van der Waals surface area contributed by atoms with Crippen molar-refractivity contribution >= 4 is 0 Å². The molecule has 0 aromatic rings. The normalized spacial score (nSPS) is 42.0. The molecule has 0 aromatic heterocycles. The highest BCUT2D eigenvalue weighted by Gasteiger charge is 2.34. The Morgan fingerprint density at radius 1 is 1.42 bits per heavy atom. The lowest BCUT2D eigenvalue weighted by atomic mass is 9.94. The van der Waals surface area contributed by atoms with E-state index < -0.39 is 0 Å². The number of hydrogen-bond acceptors (Lipinski definition) is 1. The quantitative estimate of drug-likeness (QED) is 0.644. The van der Waals surface area contributed by atoms with Gasteiger partial charge in [0.2, 0.25) is 0 Å². The molecule has 12 heavy (non-hydrogen) atoms. The van der Waals surface area contributed by atoms with Crippen molar-refractivity contribution in [2.75, 3.05) is 0 Å². The minimum Gasteiger partial charge on any atom is -0.331 e. The van der Waals surface area contributed by atoms with E-state index >= 15 is 0 Å². The Morgan fingerprint density at radius 2 is 2.08 bits per heavy atom. The smallest absolute Gasteiger partial charge is 0.00947 e. The van der Waals surface area contributed by atoms with E-state index in [1.54, 1.807) is 0 Å². The molecule has 0 aromatic carbocycles. The molecular weight excluding hydrogens is 146 g/mol. The molecule has 1 rings (SSSR count). The Bertz CT molecular complexity index is 133. The van der Waals surface area contributed by atoms with Crippen molar-refractivity contribution in [3.8, 4) is 0 Å². The van der Waals surface area contributed by atoms with Crippen LogP contribution in [-0.2, 0) is 0 Å². The summed E-state index contributed by atoms with van der Waals surface area (Å²) in [5, 5.41) is 0. The van der Waals surface area contributed by atoms with Gasteiger partial charge in [0.05, 0.1) is 0 Å². The first-order valence-electron chi connectivity index (χ1n) is 5.20. The summed E-state index contributed by atoms with van der Waals surface area (Å²) in [5.74, 6) is 2.35. The first-order valence-corrected chi connectivity index (χ1v) is 5.20. The first kappa shape index (κ1) is 10.0. The summed E-state index contributed by atoms with van der Waals surface area (Å²) in [7, 11) is 0. The molecule has 0 radical (unpaired) electrons. The summed E-state index contributed by atoms with van der Waals surface area (Å²) in [5.41, 5.74) is 6.14. The van der Waals surface area contributed by atoms with Crippen molar-refractivity contribution in [2.24, 2.45) is 23.5 Å². The van der Waals surface area contributed by atoms with Crippen LogP contribution in [0.3, 0.4) is 0 Å². The van der Waals surface area contributed by atoms with Gasteiger partial charge in [0, 0.05) is 6.04 Å². The molecule has 2 N–H and O–H groups in total. The van der Waals surface area contributed by atoms with Gasteiger partial charge in [-0.3, -0.25) is 0 Å². The van der Waals surface area contributed by atoms with E-state index in [1.807, 2.05) is 0 Å². The Labute approximate surface area is 76.7 Å². The number of rotatable bonds is 3. The lowest BCUT2D eigenvalue weighted by molar-refractivity contribution is 0.393. The van der Waals surface area contributed by atoms with Gasteiger partial charge in [0.15, 0.2) is 0 Å². The average molecular weight is 168 g/mol. The second-order valence-corrected chi connectivity index (χ2v) is 4.40. The zero-order valence-electron chi connectivity index (χ0n) is 8.59. The first-order chi connectivity index (χ1) is 5.66. The summed E-state index contributed by atoms with van der Waals surface area (Å²) in [6.45, 7) is 6.76. The van der Waals surface area contributed by atoms with Crippen molar-refractivity contribution in [1.29, 1.82) is 0 Å². The second kappa shape index (κ2) is 4.27. The Hall–Kier alpha value is -0.0400. The Morgan fingerprint density at radius 3 is 2.50 bits per heavy atom. The van der Waals surface area contributed by atoms with E-state index in [2.05, 4.69) is 27.2 Å². The van der Waals surface area contributed by atoms with Gasteiger partial charge in [-0.05, 0) is 24.2 Å². The predicted molar refractivity (Wildman–Crippen MR) is 53.6 cm³/mol. The molecule has 4 unspecified atom stereocenters. The van der Waals surface area contributed by atoms with E-state index in [0.717, 1.165) is 17.8 Å². The van der Waals surface area contributed by atoms with Gasteiger partial charge in [0.1, 0.15) is 0 Å². The van der Waals surface area contributed by atoms with Crippen LogP contribution in [0.1, 0.15) is 40.0 Å². The number of nitrogens with two attached hydrogens (primary N) is 1. The molecule has 1 saturated carbocycles. The van der Waals surface area contributed by atoms with Gasteiger partial charge in [-0.2, -0.15) is 13.3 Å². The molecule has 0 saturated heterocycles. The molecule has 72 valence electrons. The molecular formula is C11H22N-. The standard InChI is InChI=1S/C11H22N/c1-4-5-6-10-7-8(2)9(3)11(10)12/h4,8-11H,5-7,12H2,1-3H3/q-1. The lowest BCUT2D eigenvalue weighted by Gasteiger charge is -2.19. The van der Waals surface area contributed by atoms with Crippen molar-refractivity contribution in [1.82, 2.24) is 0 Å². The summed E-state index contributed by atoms with van der Waals surface area (Å²) < 4.78 is 0. The minimum atomic E-state index is 0.458. The van der Waals surface area contributed by atoms with E-state index in [4.69, 9.17) is 5.73 Å². The van der Waals surface area contributed by atoms with Crippen LogP contribution in [-0.4, -0.2) is 6.04 Å². The van der Waals surface area contributed by atoms with Crippen LogP contribution in [0.2, 0.25) is 0 Å². The third kappa shape index (κ3) is 2.01. The number of unbranched alkanes of at least 4 members (excludes halogenated alkanes) is 1. The molecule has 1 fully saturated rings. The second-order valence-electron chi connectivity index (χ2n) is 4.40. The van der Waals surface area contributed by atoms with Crippen molar-refractivity contribution in [2.45, 2.75) is 46.1 Å². The van der Waals surface area contributed by atoms with E-state index in [1.165, 1.54) is 19.3 Å². The fourth-order valence-corrected chi connectivity index (χ4v) is 2.35. The Kier molecular flexibility index (Phi) is 3.57. The summed E-state index contributed by atoms with van der Waals surface area (Å²) in [4.78, 5) is 0. The molecule has 0 aliphatic heterocycles. The summed E-state index contributed by atoms with van der Waals surface area (Å²) >= 11 is 0. The highest BCUT2D eigenvalue weighted by molar-refractivity contribution is 4.89. The zero-order chi connectivity index (χ0) is 9.14. The third-order valence-electron chi connectivity index (χ3n) is 3.55. The van der Waals surface area contributed by atoms with Gasteiger partial charge in [-0.15, -0.1) is 0 Å². The largest absolute Gasteiger partial charge is 0.331 e. The minimum absolute atomic E-state index is 0.458. The fourth-order valence-electron chi connectivity index (χ4n) is 2.35. The van der Waals surface area contributed by atoms with Crippen LogP contribution in [0.15, 0.2) is 0 Å². The molecule has 0 amide bonds. The molecule has 1 nitrogen and oxygen atoms in total. The highest BCUT2D eigenvalue weighted by Crippen LogP contribution is 2.37. The summed E-state index contributed by atoms with van der Waals surface area (Å²) in [6, 6.07) is 0.458. The van der Waals surface area contributed by atoms with Gasteiger partial charge in [-0.1, -0.05) is 20.3 Å². The SMILES string of the molecule is C[CH-]CCC1CC(C)C(C)C1N. The van der Waals surface area contributed by atoms with Gasteiger partial charge < -0.3 is 12.2 Å². The van der Waals surface area contributed by atoms with E-state index in [9.17, 15) is 0 Å². The molecule has 0 heterocycles. The van der Waals surface area contributed by atoms with Gasteiger partial charge in [-0.25, -0.2) is 0 Å². The Balaban J connectivity index is 2.36. The molecule has 1 aliphatic carbocycles. The van der Waals surface area contributed by atoms with Crippen LogP contribution in [0.5, 0.6) is 0 Å². The van der Waals surface area contributed by atoms with E-state index in [0.29, 0.717) is 6.04 Å². The topological polar surface area (TPSA) is 26.0 Å². The highest BCUT2D eigenvalue weighted by atomic mass is 14.7. The summed E-state index contributed by atoms with van der Waals surface area (Å²) in [6.07, 6.45) is 6.13. The zero-order valence-corrected chi connectivity index (χ0v) is 8.59. The molecule has 0 spiro atoms. The monoisotopic (exact) mass is 168 g/mol. The van der Waals surface area contributed by atoms with Crippen molar-refractivity contribution in [3.63, 3.8) is 0 Å². The van der Waals surface area contributed by atoms with E-state index in [-0.39, 0.29) is 0 Å². The van der Waals surface area contributed by atoms with Crippen LogP contribution in [0.25, 0.3) is 0 Å². The molecule has 4 atom stereocenters. The third-order valence-corrected chi connectivity index (χ3v) is 3.55. The number of hydrogen-bond donors (Lipinski definition) is 1. The van der Waals surface area contributed by atoms with Gasteiger partial charge in [0.25, 0.3) is 0 Å².